The van der Waals surface area contributed by atoms with E-state index in [1.165, 1.54) is 67.6 Å². The number of hydrogen-bond donors (Lipinski definition) is 3. The molecule has 3 aromatic rings. The van der Waals surface area contributed by atoms with Gasteiger partial charge in [0.25, 0.3) is 15.9 Å². The Morgan fingerprint density at radius 2 is 1.55 bits per heavy atom. The first-order valence-electron chi connectivity index (χ1n) is 8.79. The van der Waals surface area contributed by atoms with E-state index in [0.29, 0.717) is 5.56 Å². The highest BCUT2D eigenvalue weighted by atomic mass is 32.2. The summed E-state index contributed by atoms with van der Waals surface area (Å²) in [4.78, 5) is 12.1. The number of carbonyl (C=O) groups is 1. The molecule has 0 aliphatic heterocycles. The minimum absolute atomic E-state index is 0.0897. The first kappa shape index (κ1) is 22.4. The van der Waals surface area contributed by atoms with Gasteiger partial charge in [-0.15, -0.1) is 0 Å². The number of nitrogens with two attached hydrogens (primary N) is 1. The van der Waals surface area contributed by atoms with Gasteiger partial charge in [-0.3, -0.25) is 9.52 Å². The summed E-state index contributed by atoms with van der Waals surface area (Å²) in [5.41, 5.74) is 0.699. The van der Waals surface area contributed by atoms with E-state index in [-0.39, 0.29) is 26.7 Å². The van der Waals surface area contributed by atoms with E-state index in [4.69, 9.17) is 5.14 Å². The molecule has 11 heteroatoms. The van der Waals surface area contributed by atoms with Crippen molar-refractivity contribution >= 4 is 37.3 Å². The Morgan fingerprint density at radius 1 is 0.871 bits per heavy atom. The first-order chi connectivity index (χ1) is 14.5. The van der Waals surface area contributed by atoms with Crippen LogP contribution in [0.15, 0.2) is 76.5 Å². The van der Waals surface area contributed by atoms with Gasteiger partial charge in [0, 0.05) is 16.9 Å². The Bertz CT molecular complexity index is 1370. The van der Waals surface area contributed by atoms with E-state index in [9.17, 15) is 26.0 Å². The lowest BCUT2D eigenvalue weighted by molar-refractivity contribution is 0.102. The Hall–Kier alpha value is -3.28. The van der Waals surface area contributed by atoms with Gasteiger partial charge < -0.3 is 5.32 Å². The number of rotatable bonds is 6. The third-order valence-electron chi connectivity index (χ3n) is 4.25. The van der Waals surface area contributed by atoms with Gasteiger partial charge in [-0.05, 0) is 61.0 Å². The second kappa shape index (κ2) is 8.46. The topological polar surface area (TPSA) is 135 Å². The maximum atomic E-state index is 13.7. The van der Waals surface area contributed by atoms with Crippen molar-refractivity contribution in [2.45, 2.75) is 16.7 Å². The van der Waals surface area contributed by atoms with Crippen LogP contribution >= 0.6 is 0 Å². The fourth-order valence-electron chi connectivity index (χ4n) is 2.63. The summed E-state index contributed by atoms with van der Waals surface area (Å²) < 4.78 is 64.0. The number of anilines is 2. The molecule has 162 valence electrons. The quantitative estimate of drug-likeness (QED) is 0.517. The fourth-order valence-corrected chi connectivity index (χ4v) is 4.25. The molecular formula is C20H18FN3O5S2. The Morgan fingerprint density at radius 3 is 2.23 bits per heavy atom. The van der Waals surface area contributed by atoms with Gasteiger partial charge in [-0.1, -0.05) is 18.2 Å². The van der Waals surface area contributed by atoms with Crippen molar-refractivity contribution in [3.05, 3.63) is 83.7 Å². The van der Waals surface area contributed by atoms with Gasteiger partial charge in [0.05, 0.1) is 9.79 Å². The largest absolute Gasteiger partial charge is 0.322 e. The van der Waals surface area contributed by atoms with Crippen molar-refractivity contribution in [1.29, 1.82) is 0 Å². The van der Waals surface area contributed by atoms with E-state index >= 15 is 0 Å². The molecule has 0 unspecified atom stereocenters. The molecule has 0 aromatic heterocycles. The first-order valence-corrected chi connectivity index (χ1v) is 11.8. The zero-order chi connectivity index (χ0) is 22.8. The summed E-state index contributed by atoms with van der Waals surface area (Å²) in [7, 11) is -8.02. The van der Waals surface area contributed by atoms with Crippen molar-refractivity contribution in [3.63, 3.8) is 0 Å². The molecule has 0 saturated heterocycles. The molecule has 3 rings (SSSR count). The molecule has 0 spiro atoms. The van der Waals surface area contributed by atoms with Crippen LogP contribution in [0.25, 0.3) is 0 Å². The minimum Gasteiger partial charge on any atom is -0.322 e. The number of aryl methyl sites for hydroxylation is 1. The van der Waals surface area contributed by atoms with Crippen molar-refractivity contribution < 1.29 is 26.0 Å². The number of amides is 1. The van der Waals surface area contributed by atoms with Crippen molar-refractivity contribution in [1.82, 2.24) is 0 Å². The number of benzene rings is 3. The van der Waals surface area contributed by atoms with Gasteiger partial charge in [-0.2, -0.15) is 0 Å². The number of nitrogens with one attached hydrogen (secondary N) is 2. The van der Waals surface area contributed by atoms with Crippen molar-refractivity contribution in [2.75, 3.05) is 10.0 Å². The zero-order valence-corrected chi connectivity index (χ0v) is 17.8. The van der Waals surface area contributed by atoms with Gasteiger partial charge >= 0.3 is 0 Å². The van der Waals surface area contributed by atoms with Gasteiger partial charge in [0.1, 0.15) is 5.82 Å². The molecule has 0 fully saturated rings. The molecule has 1 amide bonds. The molecule has 8 nitrogen and oxygen atoms in total. The van der Waals surface area contributed by atoms with Crippen LogP contribution in [0.1, 0.15) is 15.9 Å². The van der Waals surface area contributed by atoms with Crippen LogP contribution < -0.4 is 15.2 Å². The SMILES string of the molecule is Cc1ccc(S(=O)(=O)Nc2cccc(C(=O)Nc3cccc(S(N)(=O)=O)c3)c2)cc1F. The van der Waals surface area contributed by atoms with E-state index in [1.807, 2.05) is 0 Å². The molecule has 4 N–H and O–H groups in total. The highest BCUT2D eigenvalue weighted by Gasteiger charge is 2.17. The summed E-state index contributed by atoms with van der Waals surface area (Å²) in [5.74, 6) is -1.26. The normalized spacial score (nSPS) is 11.7. The third-order valence-corrected chi connectivity index (χ3v) is 6.54. The predicted octanol–water partition coefficient (Wildman–Crippen LogP) is 2.83. The molecule has 0 aliphatic rings. The molecule has 3 aromatic carbocycles. The average molecular weight is 464 g/mol. The van der Waals surface area contributed by atoms with Crippen LogP contribution in [0.5, 0.6) is 0 Å². The highest BCUT2D eigenvalue weighted by molar-refractivity contribution is 7.92. The Kier molecular flexibility index (Phi) is 6.11. The highest BCUT2D eigenvalue weighted by Crippen LogP contribution is 2.20. The second-order valence-corrected chi connectivity index (χ2v) is 9.87. The summed E-state index contributed by atoms with van der Waals surface area (Å²) >= 11 is 0. The summed E-state index contributed by atoms with van der Waals surface area (Å²) in [6, 6.07) is 14.5. The van der Waals surface area contributed by atoms with E-state index in [2.05, 4.69) is 10.0 Å². The fraction of sp³-hybridized carbons (Fsp3) is 0.0500. The maximum Gasteiger partial charge on any atom is 0.261 e. The van der Waals surface area contributed by atoms with Gasteiger partial charge in [0.15, 0.2) is 0 Å². The summed E-state index contributed by atoms with van der Waals surface area (Å²) in [5, 5.41) is 7.60. The third kappa shape index (κ3) is 5.45. The standard InChI is InChI=1S/C20H18FN3O5S2/c1-13-8-9-18(12-19(13)21)31(28,29)24-16-6-2-4-14(10-16)20(25)23-15-5-3-7-17(11-15)30(22,26)27/h2-12,24H,1H3,(H,23,25)(H2,22,26,27). The van der Waals surface area contributed by atoms with Crippen LogP contribution in [-0.2, 0) is 20.0 Å². The van der Waals surface area contributed by atoms with Crippen LogP contribution in [0.2, 0.25) is 0 Å². The van der Waals surface area contributed by atoms with E-state index in [1.54, 1.807) is 0 Å². The number of sulfonamides is 2. The van der Waals surface area contributed by atoms with Crippen LogP contribution in [-0.4, -0.2) is 22.7 Å². The molecule has 31 heavy (non-hydrogen) atoms. The number of halogens is 1. The molecule has 0 atom stereocenters. The van der Waals surface area contributed by atoms with Crippen LogP contribution in [0, 0.1) is 12.7 Å². The Balaban J connectivity index is 1.81. The minimum atomic E-state index is -4.08. The van der Waals surface area contributed by atoms with Crippen molar-refractivity contribution in [3.8, 4) is 0 Å². The maximum absolute atomic E-state index is 13.7. The van der Waals surface area contributed by atoms with Gasteiger partial charge in [-0.25, -0.2) is 26.4 Å². The van der Waals surface area contributed by atoms with E-state index in [0.717, 1.165) is 6.07 Å². The molecule has 0 radical (unpaired) electrons. The average Bonchev–Trinajstić information content (AvgIpc) is 2.69. The van der Waals surface area contributed by atoms with Gasteiger partial charge in [0.2, 0.25) is 10.0 Å². The number of primary sulfonamides is 1. The summed E-state index contributed by atoms with van der Waals surface area (Å²) in [6.45, 7) is 1.51. The molecular weight excluding hydrogens is 445 g/mol. The van der Waals surface area contributed by atoms with Crippen molar-refractivity contribution in [2.24, 2.45) is 5.14 Å². The van der Waals surface area contributed by atoms with Crippen LogP contribution in [0.3, 0.4) is 0 Å². The number of carbonyl (C=O) groups excluding carboxylic acids is 1. The Labute approximate surface area is 179 Å². The molecule has 0 aliphatic carbocycles. The lowest BCUT2D eigenvalue weighted by Crippen LogP contribution is -2.16. The zero-order valence-electron chi connectivity index (χ0n) is 16.2. The molecule has 0 bridgehead atoms. The number of hydrogen-bond acceptors (Lipinski definition) is 5. The van der Waals surface area contributed by atoms with Crippen LogP contribution in [0.4, 0.5) is 15.8 Å². The van der Waals surface area contributed by atoms with E-state index < -0.39 is 31.8 Å². The molecule has 0 saturated carbocycles. The smallest absolute Gasteiger partial charge is 0.261 e. The monoisotopic (exact) mass is 463 g/mol. The lowest BCUT2D eigenvalue weighted by Gasteiger charge is -2.11. The summed E-state index contributed by atoms with van der Waals surface area (Å²) in [6.07, 6.45) is 0. The lowest BCUT2D eigenvalue weighted by atomic mass is 10.2. The predicted molar refractivity (Wildman–Crippen MR) is 114 cm³/mol. The second-order valence-electron chi connectivity index (χ2n) is 6.62. The molecule has 0 heterocycles.